The number of carboxylic acids is 1. The normalized spacial score (nSPS) is 20.8. The monoisotopic (exact) mass is 293 g/mol. The number of urea groups is 1. The number of carbonyl (C=O) groups is 2. The Morgan fingerprint density at radius 3 is 2.76 bits per heavy atom. The van der Waals surface area contributed by atoms with Crippen LogP contribution < -0.4 is 10.6 Å². The minimum atomic E-state index is -0.923. The highest BCUT2D eigenvalue weighted by molar-refractivity contribution is 5.90. The van der Waals surface area contributed by atoms with Crippen molar-refractivity contribution in [3.05, 3.63) is 34.4 Å². The minimum Gasteiger partial charge on any atom is -0.481 e. The number of amides is 2. The van der Waals surface area contributed by atoms with Gasteiger partial charge in [0, 0.05) is 23.9 Å². The minimum absolute atomic E-state index is 0.128. The molecule has 0 aliphatic heterocycles. The molecule has 1 fully saturated rings. The molecule has 1 saturated carbocycles. The molecule has 112 valence electrons. The van der Waals surface area contributed by atoms with Gasteiger partial charge in [-0.05, 0) is 18.9 Å². The van der Waals surface area contributed by atoms with Gasteiger partial charge in [0.25, 0.3) is 5.69 Å². The summed E-state index contributed by atoms with van der Waals surface area (Å²) in [4.78, 5) is 32.9. The third-order valence-corrected chi connectivity index (χ3v) is 3.46. The topological polar surface area (TPSA) is 122 Å². The first-order chi connectivity index (χ1) is 9.97. The maximum atomic E-state index is 11.8. The standard InChI is InChI=1S/C13H15N3O5/c17-12(18)10-5-2-6-11(10)15-13(19)14-8-3-1-4-9(7-8)16(20)21/h1,3-4,7,10-11H,2,5-6H2,(H,17,18)(H2,14,15,19). The molecule has 1 aliphatic rings. The van der Waals surface area contributed by atoms with Crippen LogP contribution in [0.15, 0.2) is 24.3 Å². The Balaban J connectivity index is 1.97. The van der Waals surface area contributed by atoms with E-state index in [1.807, 2.05) is 0 Å². The molecule has 8 heteroatoms. The Morgan fingerprint density at radius 2 is 2.10 bits per heavy atom. The number of nitro groups is 1. The number of nitrogens with zero attached hydrogens (tertiary/aromatic N) is 1. The zero-order valence-electron chi connectivity index (χ0n) is 11.1. The van der Waals surface area contributed by atoms with E-state index in [1.54, 1.807) is 0 Å². The lowest BCUT2D eigenvalue weighted by Crippen LogP contribution is -2.42. The second kappa shape index (κ2) is 6.21. The van der Waals surface area contributed by atoms with E-state index in [-0.39, 0.29) is 11.4 Å². The van der Waals surface area contributed by atoms with Crippen LogP contribution >= 0.6 is 0 Å². The number of benzene rings is 1. The van der Waals surface area contributed by atoms with Gasteiger partial charge < -0.3 is 15.7 Å². The summed E-state index contributed by atoms with van der Waals surface area (Å²) in [6.07, 6.45) is 1.90. The van der Waals surface area contributed by atoms with Gasteiger partial charge in [-0.25, -0.2) is 4.79 Å². The van der Waals surface area contributed by atoms with Crippen molar-refractivity contribution in [2.24, 2.45) is 5.92 Å². The van der Waals surface area contributed by atoms with Crippen LogP contribution in [0.1, 0.15) is 19.3 Å². The summed E-state index contributed by atoms with van der Waals surface area (Å²) in [5, 5.41) is 24.8. The van der Waals surface area contributed by atoms with E-state index in [0.29, 0.717) is 12.8 Å². The van der Waals surface area contributed by atoms with Crippen molar-refractivity contribution >= 4 is 23.4 Å². The Hall–Kier alpha value is -2.64. The van der Waals surface area contributed by atoms with E-state index in [4.69, 9.17) is 5.11 Å². The second-order valence-corrected chi connectivity index (χ2v) is 4.89. The van der Waals surface area contributed by atoms with Crippen molar-refractivity contribution in [2.45, 2.75) is 25.3 Å². The van der Waals surface area contributed by atoms with Crippen LogP contribution in [0.2, 0.25) is 0 Å². The van der Waals surface area contributed by atoms with Gasteiger partial charge in [0.05, 0.1) is 10.8 Å². The van der Waals surface area contributed by atoms with E-state index in [9.17, 15) is 19.7 Å². The molecule has 0 saturated heterocycles. The molecule has 1 aliphatic carbocycles. The van der Waals surface area contributed by atoms with Crippen molar-refractivity contribution < 1.29 is 19.6 Å². The molecule has 0 bridgehead atoms. The number of anilines is 1. The van der Waals surface area contributed by atoms with Crippen molar-refractivity contribution in [1.82, 2.24) is 5.32 Å². The largest absolute Gasteiger partial charge is 0.481 e. The maximum absolute atomic E-state index is 11.8. The lowest BCUT2D eigenvalue weighted by atomic mass is 10.0. The highest BCUT2D eigenvalue weighted by atomic mass is 16.6. The lowest BCUT2D eigenvalue weighted by Gasteiger charge is -2.17. The first kappa shape index (κ1) is 14.8. The number of carboxylic acid groups (broad SMARTS) is 1. The molecule has 0 heterocycles. The van der Waals surface area contributed by atoms with E-state index >= 15 is 0 Å². The van der Waals surface area contributed by atoms with Gasteiger partial charge in [0.1, 0.15) is 0 Å². The Morgan fingerprint density at radius 1 is 1.33 bits per heavy atom. The van der Waals surface area contributed by atoms with Crippen LogP contribution in [-0.2, 0) is 4.79 Å². The van der Waals surface area contributed by atoms with Gasteiger partial charge in [0.2, 0.25) is 0 Å². The lowest BCUT2D eigenvalue weighted by molar-refractivity contribution is -0.384. The van der Waals surface area contributed by atoms with E-state index in [1.165, 1.54) is 24.3 Å². The smallest absolute Gasteiger partial charge is 0.319 e. The predicted octanol–water partition coefficient (Wildman–Crippen LogP) is 1.97. The van der Waals surface area contributed by atoms with Gasteiger partial charge in [-0.1, -0.05) is 12.5 Å². The predicted molar refractivity (Wildman–Crippen MR) is 74.0 cm³/mol. The molecular formula is C13H15N3O5. The van der Waals surface area contributed by atoms with Gasteiger partial charge in [0.15, 0.2) is 0 Å². The molecule has 0 spiro atoms. The fourth-order valence-corrected chi connectivity index (χ4v) is 2.46. The van der Waals surface area contributed by atoms with Gasteiger partial charge in [-0.3, -0.25) is 14.9 Å². The molecule has 2 atom stereocenters. The highest BCUT2D eigenvalue weighted by Gasteiger charge is 2.33. The van der Waals surface area contributed by atoms with Crippen molar-refractivity contribution in [2.75, 3.05) is 5.32 Å². The molecule has 0 radical (unpaired) electrons. The van der Waals surface area contributed by atoms with Crippen LogP contribution in [-0.4, -0.2) is 28.1 Å². The van der Waals surface area contributed by atoms with Gasteiger partial charge in [-0.2, -0.15) is 0 Å². The summed E-state index contributed by atoms with van der Waals surface area (Å²) in [5.74, 6) is -1.51. The van der Waals surface area contributed by atoms with E-state index in [0.717, 1.165) is 6.42 Å². The second-order valence-electron chi connectivity index (χ2n) is 4.89. The van der Waals surface area contributed by atoms with Crippen LogP contribution in [0.25, 0.3) is 0 Å². The summed E-state index contributed by atoms with van der Waals surface area (Å²) >= 11 is 0. The molecule has 2 unspecified atom stereocenters. The molecule has 2 amide bonds. The van der Waals surface area contributed by atoms with Gasteiger partial charge >= 0.3 is 12.0 Å². The Kier molecular flexibility index (Phi) is 4.36. The molecule has 1 aromatic rings. The Labute approximate surface area is 120 Å². The summed E-state index contributed by atoms with van der Waals surface area (Å²) in [5.41, 5.74) is 0.156. The van der Waals surface area contributed by atoms with Crippen molar-refractivity contribution in [3.8, 4) is 0 Å². The fraction of sp³-hybridized carbons (Fsp3) is 0.385. The Bertz CT molecular complexity index is 575. The fourth-order valence-electron chi connectivity index (χ4n) is 2.46. The third kappa shape index (κ3) is 3.68. The molecule has 1 aromatic carbocycles. The highest BCUT2D eigenvalue weighted by Crippen LogP contribution is 2.26. The van der Waals surface area contributed by atoms with Crippen LogP contribution in [0.4, 0.5) is 16.2 Å². The molecule has 3 N–H and O–H groups in total. The number of hydrogen-bond acceptors (Lipinski definition) is 4. The zero-order chi connectivity index (χ0) is 15.4. The van der Waals surface area contributed by atoms with Crippen LogP contribution in [0.3, 0.4) is 0 Å². The first-order valence-electron chi connectivity index (χ1n) is 6.52. The molecular weight excluding hydrogens is 278 g/mol. The molecule has 2 rings (SSSR count). The summed E-state index contributed by atoms with van der Waals surface area (Å²) < 4.78 is 0. The number of hydrogen-bond donors (Lipinski definition) is 3. The van der Waals surface area contributed by atoms with Crippen LogP contribution in [0, 0.1) is 16.0 Å². The summed E-state index contributed by atoms with van der Waals surface area (Å²) in [7, 11) is 0. The number of aliphatic carboxylic acids is 1. The van der Waals surface area contributed by atoms with E-state index < -0.39 is 28.9 Å². The first-order valence-corrected chi connectivity index (χ1v) is 6.52. The molecule has 0 aromatic heterocycles. The number of rotatable bonds is 4. The summed E-state index contributed by atoms with van der Waals surface area (Å²) in [6.45, 7) is 0. The van der Waals surface area contributed by atoms with Crippen LogP contribution in [0.5, 0.6) is 0 Å². The van der Waals surface area contributed by atoms with Crippen molar-refractivity contribution in [1.29, 1.82) is 0 Å². The maximum Gasteiger partial charge on any atom is 0.319 e. The number of non-ortho nitro benzene ring substituents is 1. The quantitative estimate of drug-likeness (QED) is 0.578. The number of nitro benzene ring substituents is 1. The average Bonchev–Trinajstić information content (AvgIpc) is 2.87. The molecule has 21 heavy (non-hydrogen) atoms. The SMILES string of the molecule is O=C(Nc1cccc([N+](=O)[O-])c1)NC1CCCC1C(=O)O. The molecule has 8 nitrogen and oxygen atoms in total. The number of carbonyl (C=O) groups excluding carboxylic acids is 1. The van der Waals surface area contributed by atoms with Gasteiger partial charge in [-0.15, -0.1) is 0 Å². The summed E-state index contributed by atoms with van der Waals surface area (Å²) in [6, 6.07) is 4.57. The zero-order valence-corrected chi connectivity index (χ0v) is 11.1. The third-order valence-electron chi connectivity index (χ3n) is 3.46. The van der Waals surface area contributed by atoms with E-state index in [2.05, 4.69) is 10.6 Å². The average molecular weight is 293 g/mol. The van der Waals surface area contributed by atoms with Crippen molar-refractivity contribution in [3.63, 3.8) is 0 Å². The number of nitrogens with one attached hydrogen (secondary N) is 2.